The highest BCUT2D eigenvalue weighted by Crippen LogP contribution is 2.15. The topological polar surface area (TPSA) is 90.9 Å². The van der Waals surface area contributed by atoms with E-state index in [1.54, 1.807) is 11.0 Å². The summed E-state index contributed by atoms with van der Waals surface area (Å²) in [5, 5.41) is 6.66. The molecule has 1 saturated heterocycles. The second-order valence-corrected chi connectivity index (χ2v) is 6.14. The molecule has 3 amide bonds. The molecule has 0 saturated carbocycles. The summed E-state index contributed by atoms with van der Waals surface area (Å²) in [5.74, 6) is -1.12. The lowest BCUT2D eigenvalue weighted by atomic mass is 10.0. The zero-order valence-corrected chi connectivity index (χ0v) is 13.6. The second kappa shape index (κ2) is 7.42. The van der Waals surface area contributed by atoms with Crippen LogP contribution in [-0.2, 0) is 9.59 Å². The fraction of sp³-hybridized carbons (Fsp3) is 0.412. The number of carbonyl (C=O) groups is 3. The van der Waals surface area contributed by atoms with Crippen molar-refractivity contribution in [1.82, 2.24) is 15.6 Å². The zero-order chi connectivity index (χ0) is 17.8. The number of amides is 3. The summed E-state index contributed by atoms with van der Waals surface area (Å²) in [6.07, 6.45) is 1.82. The maximum Gasteiger partial charge on any atom is 0.267 e. The van der Waals surface area contributed by atoms with Crippen molar-refractivity contribution in [2.45, 2.75) is 31.7 Å². The van der Waals surface area contributed by atoms with Gasteiger partial charge < -0.3 is 10.2 Å². The largest absolute Gasteiger partial charge is 0.348 e. The normalized spacial score (nSPS) is 18.4. The lowest BCUT2D eigenvalue weighted by molar-refractivity contribution is -0.121. The van der Waals surface area contributed by atoms with Gasteiger partial charge in [-0.1, -0.05) is 6.07 Å². The Bertz CT molecular complexity index is 726. The van der Waals surface area contributed by atoms with Gasteiger partial charge in [0.15, 0.2) is 0 Å². The Morgan fingerprint density at radius 1 is 1.24 bits per heavy atom. The van der Waals surface area contributed by atoms with Gasteiger partial charge in [-0.05, 0) is 31.0 Å². The zero-order valence-electron chi connectivity index (χ0n) is 13.6. The van der Waals surface area contributed by atoms with E-state index in [1.165, 1.54) is 18.2 Å². The first-order valence-electron chi connectivity index (χ1n) is 8.24. The first kappa shape index (κ1) is 17.1. The molecule has 25 heavy (non-hydrogen) atoms. The summed E-state index contributed by atoms with van der Waals surface area (Å²) in [7, 11) is 0. The van der Waals surface area contributed by atoms with E-state index in [9.17, 15) is 18.8 Å². The van der Waals surface area contributed by atoms with Crippen molar-refractivity contribution >= 4 is 23.4 Å². The Hall–Kier alpha value is -2.77. The molecule has 1 fully saturated rings. The summed E-state index contributed by atoms with van der Waals surface area (Å²) in [5.41, 5.74) is 2.95. The first-order valence-corrected chi connectivity index (χ1v) is 8.24. The Labute approximate surface area is 144 Å². The number of likely N-dealkylation sites (tertiary alicyclic amines) is 1. The second-order valence-electron chi connectivity index (χ2n) is 6.14. The van der Waals surface area contributed by atoms with Crippen molar-refractivity contribution in [3.05, 3.63) is 35.6 Å². The Morgan fingerprint density at radius 2 is 2.00 bits per heavy atom. The van der Waals surface area contributed by atoms with Gasteiger partial charge in [-0.2, -0.15) is 5.10 Å². The molecule has 0 aliphatic carbocycles. The maximum absolute atomic E-state index is 13.2. The van der Waals surface area contributed by atoms with E-state index in [1.807, 2.05) is 0 Å². The van der Waals surface area contributed by atoms with Crippen LogP contribution >= 0.6 is 0 Å². The molecule has 0 unspecified atom stereocenters. The van der Waals surface area contributed by atoms with Crippen LogP contribution in [0.2, 0.25) is 0 Å². The number of halogens is 1. The molecule has 0 spiro atoms. The number of rotatable bonds is 3. The molecule has 0 atom stereocenters. The van der Waals surface area contributed by atoms with E-state index in [0.717, 1.165) is 0 Å². The van der Waals surface area contributed by atoms with Gasteiger partial charge in [0, 0.05) is 37.5 Å². The first-order chi connectivity index (χ1) is 12.0. The third-order valence-electron chi connectivity index (χ3n) is 4.36. The molecule has 1 aromatic carbocycles. The summed E-state index contributed by atoms with van der Waals surface area (Å²) in [6.45, 7) is 0.979. The van der Waals surface area contributed by atoms with Gasteiger partial charge in [-0.25, -0.2) is 9.82 Å². The SMILES string of the molecule is O=C1CCC(C(=O)NC2CCN(C(=O)c3cccc(F)c3)CC2)=NN1. The predicted octanol–water partition coefficient (Wildman–Crippen LogP) is 0.812. The highest BCUT2D eigenvalue weighted by Gasteiger charge is 2.26. The fourth-order valence-corrected chi connectivity index (χ4v) is 2.94. The monoisotopic (exact) mass is 346 g/mol. The molecular weight excluding hydrogens is 327 g/mol. The lowest BCUT2D eigenvalue weighted by Gasteiger charge is -2.32. The van der Waals surface area contributed by atoms with Gasteiger partial charge in [0.05, 0.1) is 0 Å². The van der Waals surface area contributed by atoms with E-state index in [2.05, 4.69) is 15.8 Å². The van der Waals surface area contributed by atoms with Gasteiger partial charge >= 0.3 is 0 Å². The molecule has 1 aromatic rings. The molecule has 0 bridgehead atoms. The van der Waals surface area contributed by atoms with Crippen molar-refractivity contribution in [1.29, 1.82) is 0 Å². The molecule has 8 heteroatoms. The average Bonchev–Trinajstić information content (AvgIpc) is 2.62. The Balaban J connectivity index is 1.51. The summed E-state index contributed by atoms with van der Waals surface area (Å²) < 4.78 is 13.2. The minimum absolute atomic E-state index is 0.0515. The summed E-state index contributed by atoms with van der Waals surface area (Å²) in [4.78, 5) is 37.2. The van der Waals surface area contributed by atoms with Crippen LogP contribution in [0.15, 0.2) is 29.4 Å². The average molecular weight is 346 g/mol. The number of hydrogen-bond donors (Lipinski definition) is 2. The van der Waals surface area contributed by atoms with Gasteiger partial charge in [0.1, 0.15) is 11.5 Å². The quantitative estimate of drug-likeness (QED) is 0.849. The van der Waals surface area contributed by atoms with Gasteiger partial charge in [-0.15, -0.1) is 0 Å². The van der Waals surface area contributed by atoms with Gasteiger partial charge in [0.2, 0.25) is 5.91 Å². The highest BCUT2D eigenvalue weighted by atomic mass is 19.1. The number of piperidine rings is 1. The van der Waals surface area contributed by atoms with E-state index >= 15 is 0 Å². The number of nitrogens with one attached hydrogen (secondary N) is 2. The number of carbonyl (C=O) groups excluding carboxylic acids is 3. The summed E-state index contributed by atoms with van der Waals surface area (Å²) in [6, 6.07) is 5.58. The molecule has 2 aliphatic rings. The van der Waals surface area contributed by atoms with Crippen LogP contribution < -0.4 is 10.7 Å². The van der Waals surface area contributed by atoms with Crippen LogP contribution in [0.25, 0.3) is 0 Å². The standard InChI is InChI=1S/C17H19FN4O3/c18-12-3-1-2-11(10-12)17(25)22-8-6-13(7-9-22)19-16(24)14-4-5-15(23)21-20-14/h1-3,10,13H,4-9H2,(H,19,24)(H,21,23). The predicted molar refractivity (Wildman–Crippen MR) is 88.3 cm³/mol. The van der Waals surface area contributed by atoms with Crippen LogP contribution in [-0.4, -0.2) is 47.5 Å². The molecule has 2 N–H and O–H groups in total. The molecule has 2 heterocycles. The maximum atomic E-state index is 13.2. The molecule has 7 nitrogen and oxygen atoms in total. The van der Waals surface area contributed by atoms with Crippen LogP contribution in [0.1, 0.15) is 36.0 Å². The van der Waals surface area contributed by atoms with Crippen LogP contribution in [0.5, 0.6) is 0 Å². The number of nitrogens with zero attached hydrogens (tertiary/aromatic N) is 2. The molecule has 0 radical (unpaired) electrons. The number of hydrogen-bond acceptors (Lipinski definition) is 4. The van der Waals surface area contributed by atoms with E-state index in [4.69, 9.17) is 0 Å². The third kappa shape index (κ3) is 4.20. The van der Waals surface area contributed by atoms with E-state index < -0.39 is 5.82 Å². The molecule has 3 rings (SSSR count). The van der Waals surface area contributed by atoms with Crippen molar-refractivity contribution in [3.8, 4) is 0 Å². The molecular formula is C17H19FN4O3. The van der Waals surface area contributed by atoms with Crippen molar-refractivity contribution in [2.24, 2.45) is 5.10 Å². The lowest BCUT2D eigenvalue weighted by Crippen LogP contribution is -2.48. The Kier molecular flexibility index (Phi) is 5.06. The summed E-state index contributed by atoms with van der Waals surface area (Å²) >= 11 is 0. The fourth-order valence-electron chi connectivity index (χ4n) is 2.94. The smallest absolute Gasteiger partial charge is 0.267 e. The third-order valence-corrected chi connectivity index (χ3v) is 4.36. The van der Waals surface area contributed by atoms with Crippen LogP contribution in [0, 0.1) is 5.82 Å². The van der Waals surface area contributed by atoms with Crippen LogP contribution in [0.3, 0.4) is 0 Å². The molecule has 2 aliphatic heterocycles. The number of benzene rings is 1. The molecule has 132 valence electrons. The number of hydrazone groups is 1. The van der Waals surface area contributed by atoms with Crippen LogP contribution in [0.4, 0.5) is 4.39 Å². The van der Waals surface area contributed by atoms with Crippen molar-refractivity contribution < 1.29 is 18.8 Å². The highest BCUT2D eigenvalue weighted by molar-refractivity contribution is 6.39. The van der Waals surface area contributed by atoms with Gasteiger partial charge in [0.25, 0.3) is 11.8 Å². The van der Waals surface area contributed by atoms with Crippen molar-refractivity contribution in [3.63, 3.8) is 0 Å². The minimum atomic E-state index is -0.437. The van der Waals surface area contributed by atoms with E-state index in [0.29, 0.717) is 43.6 Å². The molecule has 0 aromatic heterocycles. The minimum Gasteiger partial charge on any atom is -0.348 e. The Morgan fingerprint density at radius 3 is 2.64 bits per heavy atom. The van der Waals surface area contributed by atoms with Crippen molar-refractivity contribution in [2.75, 3.05) is 13.1 Å². The van der Waals surface area contributed by atoms with E-state index in [-0.39, 0.29) is 30.2 Å². The van der Waals surface area contributed by atoms with Gasteiger partial charge in [-0.3, -0.25) is 14.4 Å².